The molecule has 1 saturated heterocycles. The van der Waals surface area contributed by atoms with Crippen LogP contribution in [0.5, 0.6) is 0 Å². The van der Waals surface area contributed by atoms with E-state index in [1.807, 2.05) is 20.8 Å². The number of carbonyl (C=O) groups excluding carboxylic acids is 3. The van der Waals surface area contributed by atoms with Crippen molar-refractivity contribution in [3.63, 3.8) is 0 Å². The minimum absolute atomic E-state index is 0.0876. The molecule has 3 atom stereocenters. The number of carbonyl (C=O) groups is 3. The number of rotatable bonds is 4. The van der Waals surface area contributed by atoms with Crippen molar-refractivity contribution in [3.05, 3.63) is 27.5 Å². The molecule has 0 spiro atoms. The van der Waals surface area contributed by atoms with E-state index in [1.54, 1.807) is 22.9 Å². The smallest absolute Gasteiger partial charge is 0.350 e. The first-order chi connectivity index (χ1) is 16.4. The second-order valence-corrected chi connectivity index (χ2v) is 11.9. The monoisotopic (exact) mass is 498 g/mol. The van der Waals surface area contributed by atoms with Crippen LogP contribution < -0.4 is 4.90 Å². The van der Waals surface area contributed by atoms with Crippen LogP contribution in [0.4, 0.5) is 5.69 Å². The highest BCUT2D eigenvalue weighted by Gasteiger charge is 2.41. The van der Waals surface area contributed by atoms with Crippen LogP contribution in [0.3, 0.4) is 0 Å². The Labute approximate surface area is 213 Å². The van der Waals surface area contributed by atoms with Gasteiger partial charge >= 0.3 is 5.97 Å². The van der Waals surface area contributed by atoms with Gasteiger partial charge in [-0.2, -0.15) is 0 Å². The molecule has 0 saturated carbocycles. The number of hydrogen-bond donors (Lipinski definition) is 0. The van der Waals surface area contributed by atoms with Crippen LogP contribution in [-0.4, -0.2) is 49.4 Å². The van der Waals surface area contributed by atoms with Gasteiger partial charge < -0.3 is 9.64 Å². The third-order valence-corrected chi connectivity index (χ3v) is 7.72. The summed E-state index contributed by atoms with van der Waals surface area (Å²) >= 11 is 1.22. The molecule has 35 heavy (non-hydrogen) atoms. The second kappa shape index (κ2) is 11.0. The maximum absolute atomic E-state index is 14.2. The van der Waals surface area contributed by atoms with Crippen LogP contribution >= 0.6 is 11.3 Å². The van der Waals surface area contributed by atoms with Gasteiger partial charge in [0.1, 0.15) is 10.9 Å². The molecule has 2 amide bonds. The summed E-state index contributed by atoms with van der Waals surface area (Å²) in [5.74, 6) is 5.55. The molecule has 0 bridgehead atoms. The van der Waals surface area contributed by atoms with Gasteiger partial charge in [0.05, 0.1) is 17.7 Å². The first-order valence-electron chi connectivity index (χ1n) is 12.4. The lowest BCUT2D eigenvalue weighted by Crippen LogP contribution is -2.52. The number of hydrogen-bond acceptors (Lipinski definition) is 5. The van der Waals surface area contributed by atoms with E-state index in [4.69, 9.17) is 4.74 Å². The van der Waals surface area contributed by atoms with Crippen LogP contribution in [-0.2, 0) is 14.3 Å². The summed E-state index contributed by atoms with van der Waals surface area (Å²) in [4.78, 5) is 44.9. The number of thiophene rings is 1. The Kier molecular flexibility index (Phi) is 8.48. The minimum atomic E-state index is -0.657. The topological polar surface area (TPSA) is 66.9 Å². The van der Waals surface area contributed by atoms with Crippen molar-refractivity contribution < 1.29 is 19.1 Å². The van der Waals surface area contributed by atoms with Crippen molar-refractivity contribution >= 4 is 34.8 Å². The van der Waals surface area contributed by atoms with Crippen LogP contribution in [0.25, 0.3) is 0 Å². The zero-order chi connectivity index (χ0) is 25.9. The third-order valence-electron chi connectivity index (χ3n) is 6.70. The fourth-order valence-electron chi connectivity index (χ4n) is 4.78. The summed E-state index contributed by atoms with van der Waals surface area (Å²) in [7, 11) is 3.12. The Morgan fingerprint density at radius 2 is 1.97 bits per heavy atom. The number of anilines is 1. The third kappa shape index (κ3) is 6.35. The van der Waals surface area contributed by atoms with Gasteiger partial charge in [0.15, 0.2) is 0 Å². The number of ether oxygens (including phenoxy) is 1. The number of likely N-dealkylation sites (tertiary alicyclic amines) is 1. The van der Waals surface area contributed by atoms with E-state index in [2.05, 4.69) is 31.8 Å². The zero-order valence-corrected chi connectivity index (χ0v) is 22.9. The molecule has 1 fully saturated rings. The number of amides is 2. The summed E-state index contributed by atoms with van der Waals surface area (Å²) < 4.78 is 5.09. The number of esters is 1. The molecule has 1 aromatic heterocycles. The van der Waals surface area contributed by atoms with Crippen molar-refractivity contribution in [1.82, 2.24) is 4.90 Å². The highest BCUT2D eigenvalue weighted by molar-refractivity contribution is 7.15. The summed E-state index contributed by atoms with van der Waals surface area (Å²) in [6.07, 6.45) is 5.88. The van der Waals surface area contributed by atoms with Crippen LogP contribution in [0.1, 0.15) is 81.3 Å². The Hall–Kier alpha value is -2.59. The molecule has 0 aromatic carbocycles. The molecule has 2 aliphatic rings. The van der Waals surface area contributed by atoms with Gasteiger partial charge in [0, 0.05) is 24.9 Å². The lowest BCUT2D eigenvalue weighted by Gasteiger charge is -2.37. The van der Waals surface area contributed by atoms with Gasteiger partial charge in [-0.1, -0.05) is 30.4 Å². The lowest BCUT2D eigenvalue weighted by atomic mass is 9.80. The fourth-order valence-corrected chi connectivity index (χ4v) is 5.70. The Bertz CT molecular complexity index is 1070. The molecule has 0 N–H and O–H groups in total. The molecule has 1 aromatic rings. The predicted molar refractivity (Wildman–Crippen MR) is 140 cm³/mol. The normalized spacial score (nSPS) is 23.1. The number of methoxy groups -OCH3 is 1. The van der Waals surface area contributed by atoms with Crippen molar-refractivity contribution in [2.24, 2.45) is 17.3 Å². The minimum Gasteiger partial charge on any atom is -0.465 e. The quantitative estimate of drug-likeness (QED) is 0.322. The summed E-state index contributed by atoms with van der Waals surface area (Å²) in [6, 6.07) is 1.14. The van der Waals surface area contributed by atoms with E-state index in [0.717, 1.165) is 19.3 Å². The highest BCUT2D eigenvalue weighted by Crippen LogP contribution is 2.38. The predicted octanol–water partition coefficient (Wildman–Crippen LogP) is 5.27. The SMILES string of the molecule is COC(=O)c1sc(C#CC(C)(C)C)cc1N(C(=O)C1CC=C(C)C[C@@H]1C)[C@H]1CCCCN(C)C1=O. The Morgan fingerprint density at radius 1 is 1.26 bits per heavy atom. The molecule has 3 rings (SSSR count). The Morgan fingerprint density at radius 3 is 2.60 bits per heavy atom. The first-order valence-corrected chi connectivity index (χ1v) is 13.2. The van der Waals surface area contributed by atoms with Gasteiger partial charge in [-0.15, -0.1) is 11.3 Å². The molecule has 1 unspecified atom stereocenters. The molecule has 1 aliphatic carbocycles. The summed E-state index contributed by atoms with van der Waals surface area (Å²) in [5, 5.41) is 0. The maximum Gasteiger partial charge on any atom is 0.350 e. The second-order valence-electron chi connectivity index (χ2n) is 10.9. The average molecular weight is 499 g/mol. The van der Waals surface area contributed by atoms with Crippen LogP contribution in [0.15, 0.2) is 17.7 Å². The molecule has 0 radical (unpaired) electrons. The number of nitrogens with zero attached hydrogens (tertiary/aromatic N) is 2. The first kappa shape index (κ1) is 27.0. The molecule has 190 valence electrons. The number of likely N-dealkylation sites (N-methyl/N-ethyl adjacent to an activating group) is 1. The average Bonchev–Trinajstić information content (AvgIpc) is 3.14. The molecule has 2 heterocycles. The van der Waals surface area contributed by atoms with Crippen LogP contribution in [0.2, 0.25) is 0 Å². The van der Waals surface area contributed by atoms with Crippen molar-refractivity contribution in [2.75, 3.05) is 25.6 Å². The van der Waals surface area contributed by atoms with E-state index < -0.39 is 12.0 Å². The fraction of sp³-hybridized carbons (Fsp3) is 0.607. The number of allylic oxidation sites excluding steroid dienone is 2. The van der Waals surface area contributed by atoms with Gasteiger partial charge in [-0.05, 0) is 71.8 Å². The van der Waals surface area contributed by atoms with Gasteiger partial charge in [-0.25, -0.2) is 4.79 Å². The molecule has 7 heteroatoms. The highest BCUT2D eigenvalue weighted by atomic mass is 32.1. The van der Waals surface area contributed by atoms with Gasteiger partial charge in [0.25, 0.3) is 0 Å². The van der Waals surface area contributed by atoms with Crippen LogP contribution in [0, 0.1) is 29.1 Å². The van der Waals surface area contributed by atoms with Gasteiger partial charge in [0.2, 0.25) is 11.8 Å². The summed E-state index contributed by atoms with van der Waals surface area (Å²) in [5.41, 5.74) is 1.51. The van der Waals surface area contributed by atoms with E-state index in [-0.39, 0.29) is 29.1 Å². The van der Waals surface area contributed by atoms with Gasteiger partial charge in [-0.3, -0.25) is 14.5 Å². The van der Waals surface area contributed by atoms with Crippen molar-refractivity contribution in [3.8, 4) is 11.8 Å². The zero-order valence-electron chi connectivity index (χ0n) is 22.1. The standard InChI is InChI=1S/C28H38N2O4S/c1-18-11-12-21(19(2)16-18)25(31)30(22-10-8-9-15-29(6)26(22)32)23-17-20(13-14-28(3,4)5)35-24(23)27(33)34-7/h11,17,19,21-22H,8-10,12,15-16H2,1-7H3/t19-,21?,22-/m0/s1. The molecule has 1 aliphatic heterocycles. The molecular formula is C28H38N2O4S. The van der Waals surface area contributed by atoms with E-state index >= 15 is 0 Å². The van der Waals surface area contributed by atoms with Crippen molar-refractivity contribution in [1.29, 1.82) is 0 Å². The molecule has 6 nitrogen and oxygen atoms in total. The van der Waals surface area contributed by atoms with E-state index in [0.29, 0.717) is 34.8 Å². The lowest BCUT2D eigenvalue weighted by molar-refractivity contribution is -0.134. The largest absolute Gasteiger partial charge is 0.465 e. The van der Waals surface area contributed by atoms with Crippen molar-refractivity contribution in [2.45, 2.75) is 72.8 Å². The molecular weight excluding hydrogens is 460 g/mol. The summed E-state index contributed by atoms with van der Waals surface area (Å²) in [6.45, 7) is 10.9. The van der Waals surface area contributed by atoms with E-state index in [1.165, 1.54) is 24.0 Å². The maximum atomic E-state index is 14.2. The Balaban J connectivity index is 2.16. The van der Waals surface area contributed by atoms with E-state index in [9.17, 15) is 14.4 Å².